The predicted molar refractivity (Wildman–Crippen MR) is 154 cm³/mol. The van der Waals surface area contributed by atoms with E-state index in [-0.39, 0.29) is 5.91 Å². The molecule has 0 radical (unpaired) electrons. The maximum Gasteiger partial charge on any atom is 0.314 e. The number of rotatable bonds is 12. The summed E-state index contributed by atoms with van der Waals surface area (Å²) in [5, 5.41) is 11.6. The largest absolute Gasteiger partial charge is 0.437 e. The quantitative estimate of drug-likeness (QED) is 0.181. The number of azo groups is 1. The highest BCUT2D eigenvalue weighted by Crippen LogP contribution is 2.25. The Morgan fingerprint density at radius 1 is 0.800 bits per heavy atom. The highest BCUT2D eigenvalue weighted by molar-refractivity contribution is 6.87. The van der Waals surface area contributed by atoms with E-state index in [4.69, 9.17) is 8.23 Å². The van der Waals surface area contributed by atoms with Gasteiger partial charge in [0.25, 0.3) is 5.91 Å². The summed E-state index contributed by atoms with van der Waals surface area (Å²) in [6, 6.07) is 15.9. The van der Waals surface area contributed by atoms with Gasteiger partial charge in [0.15, 0.2) is 16.6 Å². The number of nitrogens with zero attached hydrogens (tertiary/aromatic N) is 3. The molecule has 0 fully saturated rings. The molecule has 2 aromatic rings. The molecule has 1 N–H and O–H groups in total. The zero-order chi connectivity index (χ0) is 26.3. The molecule has 2 rings (SSSR count). The Hall–Kier alpha value is -2.12. The number of hydrogen-bond donors (Lipinski definition) is 1. The highest BCUT2D eigenvalue weighted by atomic mass is 28.5. The Morgan fingerprint density at radius 2 is 1.26 bits per heavy atom. The minimum absolute atomic E-state index is 0.0895. The summed E-state index contributed by atoms with van der Waals surface area (Å²) in [6.07, 6.45) is 0.836. The average Bonchev–Trinajstić information content (AvgIpc) is 2.73. The van der Waals surface area contributed by atoms with Crippen molar-refractivity contribution in [1.29, 1.82) is 0 Å². The normalized spacial score (nSPS) is 12.7. The van der Waals surface area contributed by atoms with E-state index in [2.05, 4.69) is 61.4 Å². The van der Waals surface area contributed by atoms with Gasteiger partial charge in [0.1, 0.15) is 0 Å². The van der Waals surface area contributed by atoms with Gasteiger partial charge < -0.3 is 18.4 Å². The molecule has 0 aromatic heterocycles. The first kappa shape index (κ1) is 29.1. The molecule has 0 bridgehead atoms. The molecule has 2 aromatic carbocycles. The van der Waals surface area contributed by atoms with Crippen LogP contribution in [0.25, 0.3) is 0 Å². The van der Waals surface area contributed by atoms with E-state index in [9.17, 15) is 4.79 Å². The highest BCUT2D eigenvalue weighted by Gasteiger charge is 2.39. The molecule has 192 valence electrons. The van der Waals surface area contributed by atoms with Crippen molar-refractivity contribution in [3.8, 4) is 0 Å². The van der Waals surface area contributed by atoms with Crippen LogP contribution in [-0.2, 0) is 8.23 Å². The molecule has 1 amide bonds. The number of carbonyl (C=O) groups is 1. The number of anilines is 1. The molecule has 0 unspecified atom stereocenters. The van der Waals surface area contributed by atoms with Gasteiger partial charge in [0.2, 0.25) is 0 Å². The molecule has 0 aliphatic heterocycles. The third-order valence-corrected chi connectivity index (χ3v) is 14.5. The summed E-state index contributed by atoms with van der Waals surface area (Å²) in [6.45, 7) is 16.0. The van der Waals surface area contributed by atoms with Gasteiger partial charge in [-0.3, -0.25) is 4.79 Å². The maximum atomic E-state index is 12.6. The third-order valence-electron chi connectivity index (χ3n) is 4.91. The zero-order valence-corrected chi connectivity index (χ0v) is 25.8. The third kappa shape index (κ3) is 11.0. The SMILES string of the molecule is CN(C)c1ccc(N=Nc2ccc(C(=O)NCCC[Si](C)(O[Si](C)(C)C)O[Si](C)(C)C)cc2)cc1. The van der Waals surface area contributed by atoms with E-state index in [0.29, 0.717) is 17.8 Å². The van der Waals surface area contributed by atoms with Crippen LogP contribution >= 0.6 is 0 Å². The van der Waals surface area contributed by atoms with Crippen molar-refractivity contribution in [3.05, 3.63) is 54.1 Å². The van der Waals surface area contributed by atoms with Crippen LogP contribution < -0.4 is 10.2 Å². The van der Waals surface area contributed by atoms with Crippen LogP contribution in [-0.4, -0.2) is 51.7 Å². The van der Waals surface area contributed by atoms with Crippen molar-refractivity contribution in [2.75, 3.05) is 25.5 Å². The standard InChI is InChI=1S/C25H42N4O3Si3/c1-29(2)24-17-15-23(16-18-24)28-27-22-13-11-21(12-14-22)25(30)26-19-10-20-35(9,31-33(3,4)5)32-34(6,7)8/h11-18H,10,19-20H2,1-9H3,(H,26,30). The summed E-state index contributed by atoms with van der Waals surface area (Å²) in [7, 11) is -1.71. The second-order valence-corrected chi connectivity index (χ2v) is 23.9. The van der Waals surface area contributed by atoms with Crippen molar-refractivity contribution in [2.24, 2.45) is 10.2 Å². The first-order chi connectivity index (χ1) is 16.2. The number of hydrogen-bond acceptors (Lipinski definition) is 6. The summed E-state index contributed by atoms with van der Waals surface area (Å²) in [5.74, 6) is -0.0895. The molecular formula is C25H42N4O3Si3. The van der Waals surface area contributed by atoms with E-state index in [1.165, 1.54) is 0 Å². The van der Waals surface area contributed by atoms with Crippen LogP contribution in [0, 0.1) is 0 Å². The monoisotopic (exact) mass is 530 g/mol. The first-order valence-corrected chi connectivity index (χ1v) is 21.5. The van der Waals surface area contributed by atoms with Crippen LogP contribution in [0.1, 0.15) is 16.8 Å². The summed E-state index contributed by atoms with van der Waals surface area (Å²) in [5.41, 5.74) is 3.20. The average molecular weight is 531 g/mol. The number of benzene rings is 2. The Morgan fingerprint density at radius 3 is 1.69 bits per heavy atom. The Bertz CT molecular complexity index is 967. The molecule has 0 saturated carbocycles. The van der Waals surface area contributed by atoms with Crippen molar-refractivity contribution in [3.63, 3.8) is 0 Å². The first-order valence-electron chi connectivity index (χ1n) is 12.1. The topological polar surface area (TPSA) is 75.5 Å². The Kier molecular flexibility index (Phi) is 10.2. The molecule has 0 aliphatic rings. The van der Waals surface area contributed by atoms with Crippen molar-refractivity contribution in [2.45, 2.75) is 58.3 Å². The lowest BCUT2D eigenvalue weighted by atomic mass is 10.2. The van der Waals surface area contributed by atoms with Crippen molar-refractivity contribution < 1.29 is 13.0 Å². The lowest BCUT2D eigenvalue weighted by Crippen LogP contribution is -2.52. The second-order valence-electron chi connectivity index (χ2n) is 11.1. The van der Waals surface area contributed by atoms with E-state index < -0.39 is 25.2 Å². The van der Waals surface area contributed by atoms with Gasteiger partial charge in [-0.05, 0) is 107 Å². The zero-order valence-electron chi connectivity index (χ0n) is 22.8. The lowest BCUT2D eigenvalue weighted by molar-refractivity contribution is 0.0953. The number of carbonyl (C=O) groups excluding carboxylic acids is 1. The molecule has 0 atom stereocenters. The summed E-state index contributed by atoms with van der Waals surface area (Å²) >= 11 is 0. The van der Waals surface area contributed by atoms with E-state index >= 15 is 0 Å². The van der Waals surface area contributed by atoms with Gasteiger partial charge >= 0.3 is 8.56 Å². The predicted octanol–water partition coefficient (Wildman–Crippen LogP) is 7.06. The van der Waals surface area contributed by atoms with Gasteiger partial charge in [-0.25, -0.2) is 0 Å². The fourth-order valence-corrected chi connectivity index (χ4v) is 16.3. The molecule has 0 aliphatic carbocycles. The Balaban J connectivity index is 1.88. The minimum Gasteiger partial charge on any atom is -0.437 e. The van der Waals surface area contributed by atoms with Gasteiger partial charge in [-0.1, -0.05) is 0 Å². The molecule has 0 saturated heterocycles. The van der Waals surface area contributed by atoms with Crippen molar-refractivity contribution >= 4 is 48.2 Å². The van der Waals surface area contributed by atoms with E-state index in [1.807, 2.05) is 43.3 Å². The minimum atomic E-state index is -2.28. The second kappa shape index (κ2) is 12.2. The summed E-state index contributed by atoms with van der Waals surface area (Å²) < 4.78 is 13.1. The van der Waals surface area contributed by atoms with Crippen molar-refractivity contribution in [1.82, 2.24) is 5.32 Å². The van der Waals surface area contributed by atoms with Crippen LogP contribution in [0.3, 0.4) is 0 Å². The maximum absolute atomic E-state index is 12.6. The van der Waals surface area contributed by atoms with Crippen LogP contribution in [0.15, 0.2) is 58.8 Å². The molecular weight excluding hydrogens is 489 g/mol. The number of amides is 1. The lowest BCUT2D eigenvalue weighted by Gasteiger charge is -2.38. The van der Waals surface area contributed by atoms with Gasteiger partial charge in [0.05, 0.1) is 11.4 Å². The number of nitrogens with one attached hydrogen (secondary N) is 1. The fraction of sp³-hybridized carbons (Fsp3) is 0.480. The van der Waals surface area contributed by atoms with E-state index in [0.717, 1.165) is 23.8 Å². The van der Waals surface area contributed by atoms with Gasteiger partial charge in [0, 0.05) is 31.9 Å². The van der Waals surface area contributed by atoms with Crippen LogP contribution in [0.2, 0.25) is 51.9 Å². The van der Waals surface area contributed by atoms with Crippen LogP contribution in [0.4, 0.5) is 17.1 Å². The molecule has 35 heavy (non-hydrogen) atoms. The summed E-state index contributed by atoms with van der Waals surface area (Å²) in [4.78, 5) is 14.6. The molecule has 7 nitrogen and oxygen atoms in total. The Labute approximate surface area is 214 Å². The smallest absolute Gasteiger partial charge is 0.314 e. The van der Waals surface area contributed by atoms with Gasteiger partial charge in [-0.2, -0.15) is 10.2 Å². The van der Waals surface area contributed by atoms with E-state index in [1.54, 1.807) is 24.3 Å². The molecule has 10 heteroatoms. The molecule has 0 heterocycles. The van der Waals surface area contributed by atoms with Gasteiger partial charge in [-0.15, -0.1) is 0 Å². The van der Waals surface area contributed by atoms with Crippen LogP contribution in [0.5, 0.6) is 0 Å². The fourth-order valence-electron chi connectivity index (χ4n) is 3.74. The molecule has 0 spiro atoms.